The van der Waals surface area contributed by atoms with Crippen molar-refractivity contribution in [2.75, 3.05) is 39.0 Å². The molecule has 2 atom stereocenters. The average Bonchev–Trinajstić information content (AvgIpc) is 3.10. The van der Waals surface area contributed by atoms with E-state index in [-0.39, 0.29) is 30.1 Å². The first-order valence-corrected chi connectivity index (χ1v) is 11.0. The number of nitrogens with one attached hydrogen (secondary N) is 2. The van der Waals surface area contributed by atoms with Crippen molar-refractivity contribution in [3.63, 3.8) is 0 Å². The van der Waals surface area contributed by atoms with Gasteiger partial charge in [0.05, 0.1) is 0 Å². The molecule has 2 aliphatic heterocycles. The van der Waals surface area contributed by atoms with Crippen molar-refractivity contribution in [1.29, 1.82) is 0 Å². The Morgan fingerprint density at radius 2 is 2.04 bits per heavy atom. The highest BCUT2D eigenvalue weighted by Crippen LogP contribution is 2.25. The predicted octanol–water partition coefficient (Wildman–Crippen LogP) is 3.70. The van der Waals surface area contributed by atoms with Crippen LogP contribution in [0.5, 0.6) is 0 Å². The molecule has 2 rings (SSSR count). The van der Waals surface area contributed by atoms with Gasteiger partial charge in [-0.05, 0) is 64.5 Å². The van der Waals surface area contributed by atoms with Gasteiger partial charge in [0.1, 0.15) is 5.60 Å². The second-order valence-electron chi connectivity index (χ2n) is 8.24. The molecule has 8 heteroatoms. The Bertz CT molecular complexity index is 479. The molecule has 2 aliphatic rings. The van der Waals surface area contributed by atoms with Gasteiger partial charge in [-0.3, -0.25) is 4.99 Å². The highest BCUT2D eigenvalue weighted by molar-refractivity contribution is 14.0. The molecule has 2 fully saturated rings. The van der Waals surface area contributed by atoms with Crippen molar-refractivity contribution < 1.29 is 9.53 Å². The summed E-state index contributed by atoms with van der Waals surface area (Å²) in [5.74, 6) is 2.69. The largest absolute Gasteiger partial charge is 0.444 e. The highest BCUT2D eigenvalue weighted by atomic mass is 127. The zero-order chi connectivity index (χ0) is 19.0. The first-order chi connectivity index (χ1) is 12.4. The van der Waals surface area contributed by atoms with Crippen LogP contribution in [0, 0.1) is 5.92 Å². The monoisotopic (exact) mass is 512 g/mol. The van der Waals surface area contributed by atoms with Gasteiger partial charge in [0.25, 0.3) is 0 Å². The van der Waals surface area contributed by atoms with Crippen LogP contribution in [0.15, 0.2) is 4.99 Å². The minimum absolute atomic E-state index is 0. The fourth-order valence-corrected chi connectivity index (χ4v) is 4.63. The third kappa shape index (κ3) is 9.58. The number of likely N-dealkylation sites (tertiary alicyclic amines) is 1. The van der Waals surface area contributed by atoms with Gasteiger partial charge in [0.15, 0.2) is 5.96 Å². The van der Waals surface area contributed by atoms with Gasteiger partial charge in [-0.15, -0.1) is 24.0 Å². The Balaban J connectivity index is 0.00000364. The second kappa shape index (κ2) is 12.2. The summed E-state index contributed by atoms with van der Waals surface area (Å²) in [6, 6.07) is 0. The highest BCUT2D eigenvalue weighted by Gasteiger charge is 2.27. The Morgan fingerprint density at radius 3 is 2.67 bits per heavy atom. The number of ether oxygens (including phenoxy) is 1. The summed E-state index contributed by atoms with van der Waals surface area (Å²) >= 11 is 2.05. The lowest BCUT2D eigenvalue weighted by atomic mass is 9.95. The number of piperidine rings is 1. The molecule has 2 N–H and O–H groups in total. The summed E-state index contributed by atoms with van der Waals surface area (Å²) in [5.41, 5.74) is -0.429. The molecule has 0 aliphatic carbocycles. The molecule has 6 nitrogen and oxygen atoms in total. The van der Waals surface area contributed by atoms with Gasteiger partial charge in [-0.2, -0.15) is 11.8 Å². The van der Waals surface area contributed by atoms with Crippen LogP contribution in [-0.2, 0) is 4.74 Å². The van der Waals surface area contributed by atoms with Crippen LogP contribution in [0.4, 0.5) is 4.79 Å². The van der Waals surface area contributed by atoms with E-state index >= 15 is 0 Å². The van der Waals surface area contributed by atoms with Crippen LogP contribution in [0.2, 0.25) is 0 Å². The maximum Gasteiger partial charge on any atom is 0.410 e. The molecule has 0 saturated carbocycles. The number of aliphatic imine (C=N–C) groups is 1. The first-order valence-electron chi connectivity index (χ1n) is 9.91. The van der Waals surface area contributed by atoms with E-state index in [1.165, 1.54) is 25.0 Å². The Kier molecular flexibility index (Phi) is 11.2. The topological polar surface area (TPSA) is 66.0 Å². The van der Waals surface area contributed by atoms with Gasteiger partial charge < -0.3 is 20.3 Å². The molecule has 0 aromatic carbocycles. The summed E-state index contributed by atoms with van der Waals surface area (Å²) in [6.45, 7) is 9.21. The molecule has 2 saturated heterocycles. The van der Waals surface area contributed by atoms with E-state index in [0.29, 0.717) is 11.2 Å². The van der Waals surface area contributed by atoms with E-state index < -0.39 is 5.60 Å². The number of nitrogens with zero attached hydrogens (tertiary/aromatic N) is 2. The lowest BCUT2D eigenvalue weighted by Crippen LogP contribution is -2.44. The van der Waals surface area contributed by atoms with E-state index in [9.17, 15) is 4.79 Å². The minimum Gasteiger partial charge on any atom is -0.444 e. The van der Waals surface area contributed by atoms with Crippen LogP contribution < -0.4 is 10.6 Å². The second-order valence-corrected chi connectivity index (χ2v) is 9.65. The number of amides is 1. The number of guanidine groups is 1. The predicted molar refractivity (Wildman–Crippen MR) is 125 cm³/mol. The Morgan fingerprint density at radius 1 is 1.26 bits per heavy atom. The summed E-state index contributed by atoms with van der Waals surface area (Å²) in [5, 5.41) is 7.57. The molecular formula is C19H37IN4O2S. The molecule has 0 bridgehead atoms. The van der Waals surface area contributed by atoms with Gasteiger partial charge in [0.2, 0.25) is 0 Å². The SMILES string of the molecule is CN=C(NCCC1CCCN(C(=O)OC(C)(C)C)C1)NCC1CCCS1.I. The molecule has 158 valence electrons. The van der Waals surface area contributed by atoms with Crippen molar-refractivity contribution in [3.05, 3.63) is 0 Å². The summed E-state index contributed by atoms with van der Waals surface area (Å²) < 4.78 is 5.51. The van der Waals surface area contributed by atoms with Gasteiger partial charge in [-0.1, -0.05) is 0 Å². The maximum absolute atomic E-state index is 12.3. The molecule has 1 amide bonds. The smallest absolute Gasteiger partial charge is 0.410 e. The third-order valence-electron chi connectivity index (χ3n) is 4.76. The van der Waals surface area contributed by atoms with Crippen molar-refractivity contribution in [2.24, 2.45) is 10.9 Å². The number of carbonyl (C=O) groups is 1. The van der Waals surface area contributed by atoms with E-state index in [4.69, 9.17) is 4.74 Å². The van der Waals surface area contributed by atoms with Crippen molar-refractivity contribution in [2.45, 2.75) is 63.7 Å². The molecule has 27 heavy (non-hydrogen) atoms. The van der Waals surface area contributed by atoms with Crippen molar-refractivity contribution in [3.8, 4) is 0 Å². The zero-order valence-electron chi connectivity index (χ0n) is 17.3. The average molecular weight is 513 g/mol. The molecule has 0 radical (unpaired) electrons. The maximum atomic E-state index is 12.3. The van der Waals surface area contributed by atoms with Crippen molar-refractivity contribution in [1.82, 2.24) is 15.5 Å². The fourth-order valence-electron chi connectivity index (χ4n) is 3.42. The molecule has 0 aromatic rings. The number of halogens is 1. The lowest BCUT2D eigenvalue weighted by molar-refractivity contribution is 0.0162. The Labute approximate surface area is 186 Å². The van der Waals surface area contributed by atoms with E-state index in [0.717, 1.165) is 45.0 Å². The standard InChI is InChI=1S/C19H36N4O2S.HI/c1-19(2,3)25-18(24)23-11-5-7-15(14-23)9-10-21-17(20-4)22-13-16-8-6-12-26-16;/h15-16H,5-14H2,1-4H3,(H2,20,21,22);1H. The summed E-state index contributed by atoms with van der Waals surface area (Å²) in [7, 11) is 1.82. The van der Waals surface area contributed by atoms with Crippen LogP contribution in [0.3, 0.4) is 0 Å². The van der Waals surface area contributed by atoms with Crippen molar-refractivity contribution >= 4 is 47.8 Å². The summed E-state index contributed by atoms with van der Waals surface area (Å²) in [4.78, 5) is 18.4. The summed E-state index contributed by atoms with van der Waals surface area (Å²) in [6.07, 6.45) is 5.72. The number of carbonyl (C=O) groups excluding carboxylic acids is 1. The Hall–Kier alpha value is -0.380. The number of hydrogen-bond acceptors (Lipinski definition) is 4. The van der Waals surface area contributed by atoms with E-state index in [2.05, 4.69) is 27.4 Å². The molecule has 0 spiro atoms. The van der Waals surface area contributed by atoms with Gasteiger partial charge in [-0.25, -0.2) is 4.79 Å². The number of rotatable bonds is 5. The first kappa shape index (κ1) is 24.7. The van der Waals surface area contributed by atoms with E-state index in [1.807, 2.05) is 32.7 Å². The number of hydrogen-bond donors (Lipinski definition) is 2. The van der Waals surface area contributed by atoms with Gasteiger partial charge >= 0.3 is 6.09 Å². The zero-order valence-corrected chi connectivity index (χ0v) is 20.4. The van der Waals surface area contributed by atoms with Crippen LogP contribution in [0.1, 0.15) is 52.9 Å². The quantitative estimate of drug-likeness (QED) is 0.334. The normalized spacial score (nSPS) is 23.6. The molecular weight excluding hydrogens is 475 g/mol. The van der Waals surface area contributed by atoms with E-state index in [1.54, 1.807) is 0 Å². The van der Waals surface area contributed by atoms with Gasteiger partial charge in [0, 0.05) is 38.5 Å². The van der Waals surface area contributed by atoms with Crippen LogP contribution in [-0.4, -0.2) is 66.8 Å². The lowest BCUT2D eigenvalue weighted by Gasteiger charge is -2.34. The molecule has 2 heterocycles. The molecule has 2 unspecified atom stereocenters. The third-order valence-corrected chi connectivity index (χ3v) is 6.16. The minimum atomic E-state index is -0.429. The molecule has 0 aromatic heterocycles. The van der Waals surface area contributed by atoms with Crippen LogP contribution in [0.25, 0.3) is 0 Å². The number of thioether (sulfide) groups is 1. The fraction of sp³-hybridized carbons (Fsp3) is 0.895. The van der Waals surface area contributed by atoms with Crippen LogP contribution >= 0.6 is 35.7 Å².